The first kappa shape index (κ1) is 10.3. The van der Waals surface area contributed by atoms with E-state index in [1.54, 1.807) is 0 Å². The largest absolute Gasteiger partial charge is 0.356 e. The zero-order valence-corrected chi connectivity index (χ0v) is 9.65. The van der Waals surface area contributed by atoms with Gasteiger partial charge in [0, 0.05) is 11.6 Å². The van der Waals surface area contributed by atoms with Gasteiger partial charge in [0.25, 0.3) is 0 Å². The number of hydrogen-bond acceptors (Lipinski definition) is 1. The Morgan fingerprint density at radius 2 is 2.12 bits per heavy atom. The van der Waals surface area contributed by atoms with Crippen LogP contribution in [0.3, 0.4) is 0 Å². The van der Waals surface area contributed by atoms with Gasteiger partial charge in [0.05, 0.1) is 5.69 Å². The van der Waals surface area contributed by atoms with Crippen molar-refractivity contribution in [2.24, 2.45) is 0 Å². The number of carbonyl (C=O) groups is 1. The van der Waals surface area contributed by atoms with E-state index in [2.05, 4.69) is 29.2 Å². The van der Waals surface area contributed by atoms with Crippen molar-refractivity contribution in [3.63, 3.8) is 0 Å². The lowest BCUT2D eigenvalue weighted by Crippen LogP contribution is -2.00. The Bertz CT molecular complexity index is 527. The third-order valence-electron chi connectivity index (χ3n) is 3.58. The van der Waals surface area contributed by atoms with Crippen molar-refractivity contribution in [3.8, 4) is 0 Å². The SMILES string of the molecule is O=Cc1cc2c([nH]1)C(Cc1ccccc1)CC2. The maximum absolute atomic E-state index is 10.7. The summed E-state index contributed by atoms with van der Waals surface area (Å²) in [7, 11) is 0. The van der Waals surface area contributed by atoms with Crippen LogP contribution in [-0.2, 0) is 12.8 Å². The number of fused-ring (bicyclic) bond motifs is 1. The van der Waals surface area contributed by atoms with E-state index in [4.69, 9.17) is 0 Å². The molecule has 1 N–H and O–H groups in total. The number of H-pyrrole nitrogens is 1. The van der Waals surface area contributed by atoms with Gasteiger partial charge in [-0.25, -0.2) is 0 Å². The van der Waals surface area contributed by atoms with Crippen LogP contribution >= 0.6 is 0 Å². The minimum atomic E-state index is 0.543. The maximum atomic E-state index is 10.7. The normalized spacial score (nSPS) is 18.0. The molecule has 1 atom stereocenters. The Labute approximate surface area is 101 Å². The van der Waals surface area contributed by atoms with Gasteiger partial charge in [0.1, 0.15) is 0 Å². The van der Waals surface area contributed by atoms with E-state index in [9.17, 15) is 4.79 Å². The smallest absolute Gasteiger partial charge is 0.166 e. The molecular weight excluding hydrogens is 210 g/mol. The highest BCUT2D eigenvalue weighted by molar-refractivity contribution is 5.73. The molecule has 1 aliphatic rings. The van der Waals surface area contributed by atoms with E-state index in [1.807, 2.05) is 12.1 Å². The van der Waals surface area contributed by atoms with Gasteiger partial charge >= 0.3 is 0 Å². The molecule has 1 aliphatic carbocycles. The lowest BCUT2D eigenvalue weighted by molar-refractivity contribution is 0.111. The number of aldehydes is 1. The summed E-state index contributed by atoms with van der Waals surface area (Å²) in [5.74, 6) is 0.543. The predicted octanol–water partition coefficient (Wildman–Crippen LogP) is 3.10. The fraction of sp³-hybridized carbons (Fsp3) is 0.267. The second-order valence-electron chi connectivity index (χ2n) is 4.71. The van der Waals surface area contributed by atoms with Gasteiger partial charge in [-0.05, 0) is 36.5 Å². The minimum absolute atomic E-state index is 0.543. The average molecular weight is 225 g/mol. The second-order valence-corrected chi connectivity index (χ2v) is 4.71. The number of rotatable bonds is 3. The van der Waals surface area contributed by atoms with Crippen molar-refractivity contribution in [1.29, 1.82) is 0 Å². The molecule has 0 saturated heterocycles. The summed E-state index contributed by atoms with van der Waals surface area (Å²) in [6.45, 7) is 0. The van der Waals surface area contributed by atoms with Gasteiger partial charge in [0.15, 0.2) is 6.29 Å². The quantitative estimate of drug-likeness (QED) is 0.800. The van der Waals surface area contributed by atoms with Crippen LogP contribution in [0.1, 0.15) is 39.6 Å². The topological polar surface area (TPSA) is 32.9 Å². The summed E-state index contributed by atoms with van der Waals surface area (Å²) in [6.07, 6.45) is 4.25. The summed E-state index contributed by atoms with van der Waals surface area (Å²) < 4.78 is 0. The van der Waals surface area contributed by atoms with E-state index in [1.165, 1.54) is 23.2 Å². The summed E-state index contributed by atoms with van der Waals surface area (Å²) in [4.78, 5) is 14.0. The minimum Gasteiger partial charge on any atom is -0.356 e. The number of nitrogens with one attached hydrogen (secondary N) is 1. The molecule has 0 bridgehead atoms. The molecular formula is C15H15NO. The van der Waals surface area contributed by atoms with E-state index in [0.717, 1.165) is 19.1 Å². The molecule has 1 heterocycles. The third-order valence-corrected chi connectivity index (χ3v) is 3.58. The van der Waals surface area contributed by atoms with E-state index >= 15 is 0 Å². The first-order valence-electron chi connectivity index (χ1n) is 6.07. The summed E-state index contributed by atoms with van der Waals surface area (Å²) in [5.41, 5.74) is 4.68. The van der Waals surface area contributed by atoms with Gasteiger partial charge in [0.2, 0.25) is 0 Å². The van der Waals surface area contributed by atoms with Gasteiger partial charge in [-0.15, -0.1) is 0 Å². The standard InChI is InChI=1S/C15H15NO/c17-10-14-9-13-7-6-12(15(13)16-14)8-11-4-2-1-3-5-11/h1-5,9-10,12,16H,6-8H2. The van der Waals surface area contributed by atoms with E-state index < -0.39 is 0 Å². The van der Waals surface area contributed by atoms with Crippen LogP contribution in [-0.4, -0.2) is 11.3 Å². The Hall–Kier alpha value is -1.83. The van der Waals surface area contributed by atoms with Crippen molar-refractivity contribution < 1.29 is 4.79 Å². The Morgan fingerprint density at radius 3 is 2.88 bits per heavy atom. The summed E-state index contributed by atoms with van der Waals surface area (Å²) >= 11 is 0. The van der Waals surface area contributed by atoms with Crippen molar-refractivity contribution in [1.82, 2.24) is 4.98 Å². The molecule has 1 aromatic heterocycles. The number of hydrogen-bond donors (Lipinski definition) is 1. The number of carbonyl (C=O) groups excluding carboxylic acids is 1. The van der Waals surface area contributed by atoms with Crippen LogP contribution < -0.4 is 0 Å². The van der Waals surface area contributed by atoms with Crippen LogP contribution in [0.25, 0.3) is 0 Å². The molecule has 17 heavy (non-hydrogen) atoms. The molecule has 2 aromatic rings. The second kappa shape index (κ2) is 4.21. The number of aryl methyl sites for hydroxylation is 1. The number of benzene rings is 1. The molecule has 0 fully saturated rings. The number of aromatic amines is 1. The van der Waals surface area contributed by atoms with Gasteiger partial charge in [-0.1, -0.05) is 30.3 Å². The highest BCUT2D eigenvalue weighted by Crippen LogP contribution is 2.35. The lowest BCUT2D eigenvalue weighted by atomic mass is 9.97. The fourth-order valence-corrected chi connectivity index (χ4v) is 2.75. The van der Waals surface area contributed by atoms with Gasteiger partial charge in [-0.3, -0.25) is 4.79 Å². The van der Waals surface area contributed by atoms with Gasteiger partial charge < -0.3 is 4.98 Å². The van der Waals surface area contributed by atoms with Crippen LogP contribution in [0.2, 0.25) is 0 Å². The fourth-order valence-electron chi connectivity index (χ4n) is 2.75. The van der Waals surface area contributed by atoms with Crippen LogP contribution in [0, 0.1) is 0 Å². The Balaban J connectivity index is 1.83. The van der Waals surface area contributed by atoms with Crippen LogP contribution in [0.15, 0.2) is 36.4 Å². The Morgan fingerprint density at radius 1 is 1.29 bits per heavy atom. The molecule has 86 valence electrons. The predicted molar refractivity (Wildman–Crippen MR) is 67.4 cm³/mol. The van der Waals surface area contributed by atoms with Crippen LogP contribution in [0.5, 0.6) is 0 Å². The molecule has 2 nitrogen and oxygen atoms in total. The molecule has 0 aliphatic heterocycles. The van der Waals surface area contributed by atoms with Crippen LogP contribution in [0.4, 0.5) is 0 Å². The monoisotopic (exact) mass is 225 g/mol. The first-order chi connectivity index (χ1) is 8.36. The van der Waals surface area contributed by atoms with Crippen molar-refractivity contribution in [3.05, 3.63) is 58.9 Å². The maximum Gasteiger partial charge on any atom is 0.166 e. The first-order valence-corrected chi connectivity index (χ1v) is 6.07. The average Bonchev–Trinajstić information content (AvgIpc) is 2.92. The zero-order valence-electron chi connectivity index (χ0n) is 9.65. The Kier molecular flexibility index (Phi) is 2.56. The van der Waals surface area contributed by atoms with Crippen molar-refractivity contribution >= 4 is 6.29 Å². The number of aromatic nitrogens is 1. The van der Waals surface area contributed by atoms with E-state index in [0.29, 0.717) is 11.6 Å². The molecule has 0 amide bonds. The molecule has 3 rings (SSSR count). The van der Waals surface area contributed by atoms with Crippen molar-refractivity contribution in [2.75, 3.05) is 0 Å². The molecule has 2 heteroatoms. The van der Waals surface area contributed by atoms with Gasteiger partial charge in [-0.2, -0.15) is 0 Å². The summed E-state index contributed by atoms with van der Waals surface area (Å²) in [6, 6.07) is 12.5. The highest BCUT2D eigenvalue weighted by atomic mass is 16.1. The highest BCUT2D eigenvalue weighted by Gasteiger charge is 2.24. The zero-order chi connectivity index (χ0) is 11.7. The molecule has 0 spiro atoms. The lowest BCUT2D eigenvalue weighted by Gasteiger charge is -2.09. The van der Waals surface area contributed by atoms with E-state index in [-0.39, 0.29) is 0 Å². The van der Waals surface area contributed by atoms with Crippen molar-refractivity contribution in [2.45, 2.75) is 25.2 Å². The molecule has 1 aromatic carbocycles. The molecule has 0 saturated carbocycles. The molecule has 1 unspecified atom stereocenters. The summed E-state index contributed by atoms with van der Waals surface area (Å²) in [5, 5.41) is 0. The third kappa shape index (κ3) is 1.91. The molecule has 0 radical (unpaired) electrons.